The number of pyridine rings is 1. The van der Waals surface area contributed by atoms with Crippen LogP contribution in [0.25, 0.3) is 11.4 Å². The van der Waals surface area contributed by atoms with E-state index in [-0.39, 0.29) is 6.03 Å². The van der Waals surface area contributed by atoms with Crippen LogP contribution in [0.3, 0.4) is 0 Å². The number of likely N-dealkylation sites (tertiary alicyclic amines) is 1. The summed E-state index contributed by atoms with van der Waals surface area (Å²) in [5, 5.41) is 2.96. The average Bonchev–Trinajstić information content (AvgIpc) is 3.07. The number of aryl methyl sites for hydroxylation is 1. The second kappa shape index (κ2) is 8.80. The lowest BCUT2D eigenvalue weighted by atomic mass is 10.0. The molecule has 1 fully saturated rings. The van der Waals surface area contributed by atoms with Crippen molar-refractivity contribution in [2.75, 3.05) is 33.4 Å². The Labute approximate surface area is 154 Å². The van der Waals surface area contributed by atoms with Gasteiger partial charge < -0.3 is 19.5 Å². The summed E-state index contributed by atoms with van der Waals surface area (Å²) >= 11 is 0. The fourth-order valence-electron chi connectivity index (χ4n) is 3.47. The molecule has 0 unspecified atom stereocenters. The van der Waals surface area contributed by atoms with Gasteiger partial charge in [-0.05, 0) is 38.3 Å². The highest BCUT2D eigenvalue weighted by Crippen LogP contribution is 2.29. The number of methoxy groups -OCH3 is 1. The van der Waals surface area contributed by atoms with Crippen molar-refractivity contribution in [1.82, 2.24) is 24.8 Å². The van der Waals surface area contributed by atoms with Crippen LogP contribution >= 0.6 is 0 Å². The second-order valence-corrected chi connectivity index (χ2v) is 6.63. The predicted molar refractivity (Wildman–Crippen MR) is 99.9 cm³/mol. The molecular formula is C19H27N5O2. The lowest BCUT2D eigenvalue weighted by Gasteiger charge is -2.34. The zero-order valence-corrected chi connectivity index (χ0v) is 15.5. The molecule has 1 aliphatic heterocycles. The van der Waals surface area contributed by atoms with E-state index in [2.05, 4.69) is 26.8 Å². The van der Waals surface area contributed by atoms with E-state index >= 15 is 0 Å². The number of carbonyl (C=O) groups is 1. The molecule has 0 spiro atoms. The van der Waals surface area contributed by atoms with Gasteiger partial charge in [0.1, 0.15) is 5.82 Å². The minimum absolute atomic E-state index is 0.0226. The van der Waals surface area contributed by atoms with E-state index in [9.17, 15) is 4.79 Å². The van der Waals surface area contributed by atoms with E-state index < -0.39 is 0 Å². The van der Waals surface area contributed by atoms with Gasteiger partial charge in [0.15, 0.2) is 0 Å². The highest BCUT2D eigenvalue weighted by Gasteiger charge is 2.26. The Hall–Kier alpha value is -2.41. The Morgan fingerprint density at radius 1 is 1.35 bits per heavy atom. The SMILES string of the molecule is COCCCNC(=O)N1CCC(n2c(C)cnc2-c2cccnc2)CC1. The number of imidazole rings is 1. The Morgan fingerprint density at radius 3 is 2.85 bits per heavy atom. The van der Waals surface area contributed by atoms with Crippen LogP contribution in [0.15, 0.2) is 30.7 Å². The predicted octanol–water partition coefficient (Wildman–Crippen LogP) is 2.64. The van der Waals surface area contributed by atoms with Crippen molar-refractivity contribution < 1.29 is 9.53 Å². The van der Waals surface area contributed by atoms with Crippen molar-refractivity contribution in [1.29, 1.82) is 0 Å². The maximum absolute atomic E-state index is 12.3. The summed E-state index contributed by atoms with van der Waals surface area (Å²) in [4.78, 5) is 23.0. The molecule has 1 aliphatic rings. The minimum atomic E-state index is 0.0226. The van der Waals surface area contributed by atoms with E-state index in [1.54, 1.807) is 13.3 Å². The smallest absolute Gasteiger partial charge is 0.317 e. The van der Waals surface area contributed by atoms with E-state index in [1.165, 1.54) is 0 Å². The van der Waals surface area contributed by atoms with Crippen LogP contribution in [0.5, 0.6) is 0 Å². The maximum atomic E-state index is 12.3. The Morgan fingerprint density at radius 2 is 2.15 bits per heavy atom. The molecule has 2 amide bonds. The van der Waals surface area contributed by atoms with Gasteiger partial charge in [-0.2, -0.15) is 0 Å². The first-order valence-electron chi connectivity index (χ1n) is 9.16. The van der Waals surface area contributed by atoms with E-state index in [0.29, 0.717) is 19.2 Å². The number of piperidine rings is 1. The van der Waals surface area contributed by atoms with Crippen LogP contribution in [0.2, 0.25) is 0 Å². The first-order valence-corrected chi connectivity index (χ1v) is 9.16. The topological polar surface area (TPSA) is 72.3 Å². The lowest BCUT2D eigenvalue weighted by molar-refractivity contribution is 0.167. The zero-order valence-electron chi connectivity index (χ0n) is 15.5. The number of nitrogens with zero attached hydrogens (tertiary/aromatic N) is 4. The molecule has 3 rings (SSSR count). The molecule has 0 radical (unpaired) electrons. The third-order valence-electron chi connectivity index (χ3n) is 4.82. The van der Waals surface area contributed by atoms with Gasteiger partial charge in [0.2, 0.25) is 0 Å². The molecule has 26 heavy (non-hydrogen) atoms. The Balaban J connectivity index is 1.61. The molecular weight excluding hydrogens is 330 g/mol. The minimum Gasteiger partial charge on any atom is -0.385 e. The normalized spacial score (nSPS) is 15.2. The first-order chi connectivity index (χ1) is 12.7. The summed E-state index contributed by atoms with van der Waals surface area (Å²) in [6.07, 6.45) is 8.22. The monoisotopic (exact) mass is 357 g/mol. The largest absolute Gasteiger partial charge is 0.385 e. The standard InChI is InChI=1S/C19H27N5O2/c1-15-13-22-18(16-5-3-8-20-14-16)24(15)17-6-10-23(11-7-17)19(25)21-9-4-12-26-2/h3,5,8,13-14,17H,4,6-7,9-12H2,1-2H3,(H,21,25). The van der Waals surface area contributed by atoms with Crippen LogP contribution in [0, 0.1) is 6.92 Å². The highest BCUT2D eigenvalue weighted by atomic mass is 16.5. The molecule has 0 atom stereocenters. The van der Waals surface area contributed by atoms with Crippen molar-refractivity contribution in [3.63, 3.8) is 0 Å². The molecule has 0 saturated carbocycles. The van der Waals surface area contributed by atoms with Crippen molar-refractivity contribution in [3.05, 3.63) is 36.4 Å². The third-order valence-corrected chi connectivity index (χ3v) is 4.82. The summed E-state index contributed by atoms with van der Waals surface area (Å²) in [7, 11) is 1.67. The molecule has 7 nitrogen and oxygen atoms in total. The number of amides is 2. The number of nitrogens with one attached hydrogen (secondary N) is 1. The summed E-state index contributed by atoms with van der Waals surface area (Å²) in [6, 6.07) is 4.34. The van der Waals surface area contributed by atoms with Gasteiger partial charge in [0.05, 0.1) is 0 Å². The van der Waals surface area contributed by atoms with Gasteiger partial charge in [-0.25, -0.2) is 9.78 Å². The summed E-state index contributed by atoms with van der Waals surface area (Å²) in [5.41, 5.74) is 2.17. The molecule has 2 aromatic heterocycles. The van der Waals surface area contributed by atoms with E-state index in [4.69, 9.17) is 4.74 Å². The van der Waals surface area contributed by atoms with Crippen LogP contribution in [-0.2, 0) is 4.74 Å². The number of hydrogen-bond acceptors (Lipinski definition) is 4. The fraction of sp³-hybridized carbons (Fsp3) is 0.526. The van der Waals surface area contributed by atoms with Gasteiger partial charge in [0, 0.05) is 69.2 Å². The average molecular weight is 357 g/mol. The number of carbonyl (C=O) groups excluding carboxylic acids is 1. The molecule has 7 heteroatoms. The molecule has 0 bridgehead atoms. The molecule has 0 aliphatic carbocycles. The highest BCUT2D eigenvalue weighted by molar-refractivity contribution is 5.74. The Kier molecular flexibility index (Phi) is 6.22. The molecule has 3 heterocycles. The van der Waals surface area contributed by atoms with Crippen LogP contribution in [0.1, 0.15) is 31.0 Å². The summed E-state index contributed by atoms with van der Waals surface area (Å²) < 4.78 is 7.30. The van der Waals surface area contributed by atoms with Gasteiger partial charge in [0.25, 0.3) is 0 Å². The van der Waals surface area contributed by atoms with Crippen molar-refractivity contribution in [3.8, 4) is 11.4 Å². The van der Waals surface area contributed by atoms with Gasteiger partial charge in [-0.3, -0.25) is 4.98 Å². The maximum Gasteiger partial charge on any atom is 0.317 e. The van der Waals surface area contributed by atoms with Gasteiger partial charge >= 0.3 is 6.03 Å². The van der Waals surface area contributed by atoms with Crippen molar-refractivity contribution in [2.24, 2.45) is 0 Å². The zero-order chi connectivity index (χ0) is 18.4. The summed E-state index contributed by atoms with van der Waals surface area (Å²) in [6.45, 7) is 4.91. The fourth-order valence-corrected chi connectivity index (χ4v) is 3.47. The van der Waals surface area contributed by atoms with E-state index in [0.717, 1.165) is 49.4 Å². The van der Waals surface area contributed by atoms with E-state index in [1.807, 2.05) is 29.4 Å². The first kappa shape index (κ1) is 18.4. The Bertz CT molecular complexity index is 708. The number of urea groups is 1. The molecule has 0 aromatic carbocycles. The number of aromatic nitrogens is 3. The molecule has 2 aromatic rings. The van der Waals surface area contributed by atoms with Crippen molar-refractivity contribution >= 4 is 6.03 Å². The molecule has 1 saturated heterocycles. The molecule has 1 N–H and O–H groups in total. The van der Waals surface area contributed by atoms with Crippen LogP contribution in [-0.4, -0.2) is 58.8 Å². The lowest BCUT2D eigenvalue weighted by Crippen LogP contribution is -2.45. The number of rotatable bonds is 6. The number of hydrogen-bond donors (Lipinski definition) is 1. The molecule has 140 valence electrons. The second-order valence-electron chi connectivity index (χ2n) is 6.63. The summed E-state index contributed by atoms with van der Waals surface area (Å²) in [5.74, 6) is 0.957. The number of ether oxygens (including phenoxy) is 1. The quantitative estimate of drug-likeness (QED) is 0.807. The van der Waals surface area contributed by atoms with Crippen LogP contribution < -0.4 is 5.32 Å². The third kappa shape index (κ3) is 4.22. The van der Waals surface area contributed by atoms with Gasteiger partial charge in [-0.15, -0.1) is 0 Å². The van der Waals surface area contributed by atoms with Crippen molar-refractivity contribution in [2.45, 2.75) is 32.2 Å². The van der Waals surface area contributed by atoms with Gasteiger partial charge in [-0.1, -0.05) is 0 Å². The van der Waals surface area contributed by atoms with Crippen LogP contribution in [0.4, 0.5) is 4.79 Å².